The van der Waals surface area contributed by atoms with Crippen molar-refractivity contribution in [2.75, 3.05) is 20.3 Å². The second-order valence-electron chi connectivity index (χ2n) is 14.7. The van der Waals surface area contributed by atoms with Gasteiger partial charge < -0.3 is 43.0 Å². The number of aliphatic hydroxyl groups excluding tert-OH is 1. The van der Waals surface area contributed by atoms with Gasteiger partial charge in [0, 0.05) is 6.08 Å². The van der Waals surface area contributed by atoms with E-state index in [2.05, 4.69) is 0 Å². The van der Waals surface area contributed by atoms with Gasteiger partial charge in [-0.3, -0.25) is 0 Å². The van der Waals surface area contributed by atoms with Gasteiger partial charge in [0.15, 0.2) is 17.8 Å². The second kappa shape index (κ2) is 23.1. The molecule has 1 heterocycles. The summed E-state index contributed by atoms with van der Waals surface area (Å²) in [7, 11) is 1.56. The van der Waals surface area contributed by atoms with E-state index in [0.29, 0.717) is 36.7 Å². The molecule has 7 rings (SSSR count). The molecule has 1 saturated heterocycles. The van der Waals surface area contributed by atoms with Gasteiger partial charge in [-0.1, -0.05) is 140 Å². The highest BCUT2D eigenvalue weighted by molar-refractivity contribution is 5.87. The first-order valence-corrected chi connectivity index (χ1v) is 20.7. The Balaban J connectivity index is 1.01. The third-order valence-electron chi connectivity index (χ3n) is 10.3. The molecule has 0 bridgehead atoms. The van der Waals surface area contributed by atoms with Crippen molar-refractivity contribution in [1.82, 2.24) is 0 Å². The third-order valence-corrected chi connectivity index (χ3v) is 10.3. The van der Waals surface area contributed by atoms with Gasteiger partial charge in [0.1, 0.15) is 50.0 Å². The molecule has 0 amide bonds. The zero-order valence-corrected chi connectivity index (χ0v) is 34.7. The molecule has 1 aliphatic rings. The van der Waals surface area contributed by atoms with Crippen LogP contribution >= 0.6 is 0 Å². The number of carbonyl (C=O) groups excluding carboxylic acids is 1. The normalized spacial score (nSPS) is 18.6. The van der Waals surface area contributed by atoms with Crippen LogP contribution in [0.5, 0.6) is 17.2 Å². The Labute approximate surface area is 363 Å². The Morgan fingerprint density at radius 3 is 1.73 bits per heavy atom. The highest BCUT2D eigenvalue weighted by Gasteiger charge is 2.48. The van der Waals surface area contributed by atoms with Crippen LogP contribution in [0.2, 0.25) is 0 Å². The van der Waals surface area contributed by atoms with E-state index in [0.717, 1.165) is 33.6 Å². The third kappa shape index (κ3) is 13.1. The van der Waals surface area contributed by atoms with Gasteiger partial charge in [-0.2, -0.15) is 0 Å². The molecule has 5 atom stereocenters. The summed E-state index contributed by atoms with van der Waals surface area (Å²) in [6.45, 7) is 1.31. The van der Waals surface area contributed by atoms with E-state index in [9.17, 15) is 9.90 Å². The lowest BCUT2D eigenvalue weighted by molar-refractivity contribution is -0.319. The SMILES string of the molecule is COc1cc(/C=C/C(=O)OC[C@H]2O[C@@H](OCCc3ccc(OCc4ccccc4)cc3)[C@H](OCc3ccccc3)[C@@H](OCc3ccccc3)[C@@H]2O)ccc1OCc1ccccc1. The summed E-state index contributed by atoms with van der Waals surface area (Å²) in [5, 5.41) is 11.8. The molecule has 0 aliphatic carbocycles. The van der Waals surface area contributed by atoms with E-state index in [1.54, 1.807) is 25.3 Å². The molecule has 320 valence electrons. The highest BCUT2D eigenvalue weighted by Crippen LogP contribution is 2.31. The summed E-state index contributed by atoms with van der Waals surface area (Å²) in [4.78, 5) is 13.1. The Kier molecular flexibility index (Phi) is 16.3. The number of carbonyl (C=O) groups is 1. The van der Waals surface area contributed by atoms with Crippen molar-refractivity contribution in [1.29, 1.82) is 0 Å². The minimum atomic E-state index is -1.23. The fourth-order valence-corrected chi connectivity index (χ4v) is 6.87. The number of rotatable bonds is 21. The van der Waals surface area contributed by atoms with E-state index in [1.165, 1.54) is 6.08 Å². The standard InChI is InChI=1S/C52H52O10/c1-55-46-32-39(24-28-45(46)58-34-41-16-8-3-9-17-41)25-29-48(53)59-37-47-49(54)50(60-35-42-18-10-4-11-19-42)51(61-36-43-20-12-5-13-21-43)52(62-47)56-31-30-38-22-26-44(27-23-38)57-33-40-14-6-2-7-15-40/h2-29,32,47,49-52,54H,30-31,33-37H2,1H3/b29-25+/t47-,49-,50+,51-,52-/m1/s1. The van der Waals surface area contributed by atoms with Crippen molar-refractivity contribution >= 4 is 12.0 Å². The first kappa shape index (κ1) is 43.8. The molecule has 0 aromatic heterocycles. The highest BCUT2D eigenvalue weighted by atomic mass is 16.7. The number of hydrogen-bond donors (Lipinski definition) is 1. The van der Waals surface area contributed by atoms with Crippen molar-refractivity contribution in [3.05, 3.63) is 203 Å². The molecule has 1 aliphatic heterocycles. The largest absolute Gasteiger partial charge is 0.493 e. The molecule has 10 heteroatoms. The first-order valence-electron chi connectivity index (χ1n) is 20.7. The number of esters is 1. The predicted molar refractivity (Wildman–Crippen MR) is 235 cm³/mol. The van der Waals surface area contributed by atoms with Crippen LogP contribution in [0.1, 0.15) is 33.4 Å². The fraction of sp³-hybridized carbons (Fsp3) is 0.250. The molecule has 0 unspecified atom stereocenters. The van der Waals surface area contributed by atoms with E-state index < -0.39 is 36.7 Å². The van der Waals surface area contributed by atoms with Crippen molar-refractivity contribution in [3.8, 4) is 17.2 Å². The predicted octanol–water partition coefficient (Wildman–Crippen LogP) is 8.93. The molecule has 62 heavy (non-hydrogen) atoms. The van der Waals surface area contributed by atoms with Gasteiger partial charge >= 0.3 is 5.97 Å². The van der Waals surface area contributed by atoms with E-state index in [4.69, 9.17) is 37.9 Å². The lowest BCUT2D eigenvalue weighted by Crippen LogP contribution is -2.61. The number of ether oxygens (including phenoxy) is 8. The van der Waals surface area contributed by atoms with Crippen LogP contribution in [-0.4, -0.2) is 62.1 Å². The fourth-order valence-electron chi connectivity index (χ4n) is 6.87. The van der Waals surface area contributed by atoms with Crippen LogP contribution in [0.4, 0.5) is 0 Å². The van der Waals surface area contributed by atoms with Crippen molar-refractivity contribution in [3.63, 3.8) is 0 Å². The molecule has 1 fully saturated rings. The minimum Gasteiger partial charge on any atom is -0.493 e. The average molecular weight is 837 g/mol. The van der Waals surface area contributed by atoms with Crippen LogP contribution in [-0.2, 0) is 61.3 Å². The molecular formula is C52H52O10. The summed E-state index contributed by atoms with van der Waals surface area (Å²) >= 11 is 0. The summed E-state index contributed by atoms with van der Waals surface area (Å²) in [6, 6.07) is 52.6. The first-order chi connectivity index (χ1) is 30.5. The van der Waals surface area contributed by atoms with Crippen molar-refractivity contribution in [2.45, 2.75) is 63.6 Å². The Morgan fingerprint density at radius 2 is 1.15 bits per heavy atom. The second-order valence-corrected chi connectivity index (χ2v) is 14.7. The average Bonchev–Trinajstić information content (AvgIpc) is 3.32. The maximum atomic E-state index is 13.1. The van der Waals surface area contributed by atoms with Crippen molar-refractivity contribution in [2.24, 2.45) is 0 Å². The Hall–Kier alpha value is -6.27. The van der Waals surface area contributed by atoms with Gasteiger partial charge in [0.05, 0.1) is 26.9 Å². The lowest BCUT2D eigenvalue weighted by atomic mass is 9.98. The Morgan fingerprint density at radius 1 is 0.597 bits per heavy atom. The summed E-state index contributed by atoms with van der Waals surface area (Å²) in [5.74, 6) is 1.25. The van der Waals surface area contributed by atoms with E-state index in [-0.39, 0.29) is 26.4 Å². The van der Waals surface area contributed by atoms with Gasteiger partial charge in [0.25, 0.3) is 0 Å². The molecule has 10 nitrogen and oxygen atoms in total. The molecule has 6 aromatic rings. The van der Waals surface area contributed by atoms with E-state index in [1.807, 2.05) is 152 Å². The zero-order chi connectivity index (χ0) is 42.8. The zero-order valence-electron chi connectivity index (χ0n) is 34.7. The molecule has 1 N–H and O–H groups in total. The smallest absolute Gasteiger partial charge is 0.330 e. The molecule has 6 aromatic carbocycles. The lowest BCUT2D eigenvalue weighted by Gasteiger charge is -2.44. The van der Waals surface area contributed by atoms with Crippen LogP contribution in [0.15, 0.2) is 170 Å². The van der Waals surface area contributed by atoms with Gasteiger partial charge in [-0.15, -0.1) is 0 Å². The number of aliphatic hydroxyl groups is 1. The maximum absolute atomic E-state index is 13.1. The van der Waals surface area contributed by atoms with Crippen LogP contribution in [0.25, 0.3) is 6.08 Å². The van der Waals surface area contributed by atoms with Gasteiger partial charge in [-0.25, -0.2) is 4.79 Å². The summed E-state index contributed by atoms with van der Waals surface area (Å²) in [5.41, 5.74) is 5.72. The molecule has 0 spiro atoms. The van der Waals surface area contributed by atoms with Gasteiger partial charge in [0.2, 0.25) is 0 Å². The van der Waals surface area contributed by atoms with Crippen LogP contribution < -0.4 is 14.2 Å². The van der Waals surface area contributed by atoms with Gasteiger partial charge in [-0.05, 0) is 70.1 Å². The van der Waals surface area contributed by atoms with E-state index >= 15 is 0 Å². The number of hydrogen-bond acceptors (Lipinski definition) is 10. The maximum Gasteiger partial charge on any atom is 0.330 e. The quantitative estimate of drug-likeness (QED) is 0.0558. The summed E-state index contributed by atoms with van der Waals surface area (Å²) < 4.78 is 48.9. The Bertz CT molecular complexity index is 2250. The number of methoxy groups -OCH3 is 1. The molecule has 0 saturated carbocycles. The van der Waals surface area contributed by atoms with Crippen LogP contribution in [0.3, 0.4) is 0 Å². The van der Waals surface area contributed by atoms with Crippen molar-refractivity contribution < 1.29 is 47.8 Å². The monoisotopic (exact) mass is 836 g/mol. The molecule has 0 radical (unpaired) electrons. The molecular weight excluding hydrogens is 785 g/mol. The minimum absolute atomic E-state index is 0.202. The topological polar surface area (TPSA) is 111 Å². The summed E-state index contributed by atoms with van der Waals surface area (Å²) in [6.07, 6.45) is -1.41. The van der Waals surface area contributed by atoms with Crippen LogP contribution in [0, 0.1) is 0 Å². The number of benzene rings is 6.